The Hall–Kier alpha value is -4.01. The number of methoxy groups -OCH3 is 1. The van der Waals surface area contributed by atoms with E-state index in [1.807, 2.05) is 0 Å². The maximum absolute atomic E-state index is 13.3. The van der Waals surface area contributed by atoms with Crippen molar-refractivity contribution in [3.8, 4) is 0 Å². The van der Waals surface area contributed by atoms with E-state index in [9.17, 15) is 23.6 Å². The fraction of sp³-hybridized carbons (Fsp3) is 0.217. The predicted octanol–water partition coefficient (Wildman–Crippen LogP) is 3.22. The van der Waals surface area contributed by atoms with Gasteiger partial charge in [-0.1, -0.05) is 0 Å². The summed E-state index contributed by atoms with van der Waals surface area (Å²) in [7, 11) is 1.19. The summed E-state index contributed by atoms with van der Waals surface area (Å²) in [5.41, 5.74) is 1.65. The van der Waals surface area contributed by atoms with Crippen LogP contribution in [-0.4, -0.2) is 30.8 Å². The maximum Gasteiger partial charge on any atom is 0.336 e. The Morgan fingerprint density at radius 3 is 2.09 bits per heavy atom. The summed E-state index contributed by atoms with van der Waals surface area (Å²) in [4.78, 5) is 50.8. The molecule has 0 radical (unpaired) electrons. The molecule has 0 saturated heterocycles. The van der Waals surface area contributed by atoms with E-state index in [0.29, 0.717) is 17.1 Å². The van der Waals surface area contributed by atoms with E-state index in [1.54, 1.807) is 24.3 Å². The van der Waals surface area contributed by atoms with Crippen LogP contribution in [0.15, 0.2) is 59.8 Å². The molecule has 8 nitrogen and oxygen atoms in total. The summed E-state index contributed by atoms with van der Waals surface area (Å²) in [5.74, 6) is -3.46. The smallest absolute Gasteiger partial charge is 0.336 e. The number of carbonyl (C=O) groups excluding carboxylic acids is 4. The van der Waals surface area contributed by atoms with Crippen LogP contribution in [0, 0.1) is 11.7 Å². The second kappa shape index (κ2) is 9.42. The van der Waals surface area contributed by atoms with Gasteiger partial charge in [-0.25, -0.2) is 9.18 Å². The van der Waals surface area contributed by atoms with Gasteiger partial charge in [-0.2, -0.15) is 0 Å². The van der Waals surface area contributed by atoms with E-state index in [1.165, 1.54) is 50.1 Å². The summed E-state index contributed by atoms with van der Waals surface area (Å²) >= 11 is 0. The Balaban J connectivity index is 1.90. The number of anilines is 3. The van der Waals surface area contributed by atoms with Crippen molar-refractivity contribution in [1.82, 2.24) is 0 Å². The minimum Gasteiger partial charge on any atom is -0.466 e. The largest absolute Gasteiger partial charge is 0.466 e. The lowest BCUT2D eigenvalue weighted by Gasteiger charge is -2.33. The first-order valence-corrected chi connectivity index (χ1v) is 9.77. The van der Waals surface area contributed by atoms with Gasteiger partial charge in [0.2, 0.25) is 17.7 Å². The van der Waals surface area contributed by atoms with Crippen LogP contribution in [0.25, 0.3) is 0 Å². The molecule has 32 heavy (non-hydrogen) atoms. The number of ether oxygens (including phenoxy) is 1. The lowest BCUT2D eigenvalue weighted by atomic mass is 9.88. The summed E-state index contributed by atoms with van der Waals surface area (Å²) < 4.78 is 18.2. The third kappa shape index (κ3) is 4.83. The number of rotatable bonds is 5. The number of hydrogen-bond acceptors (Lipinski definition) is 5. The van der Waals surface area contributed by atoms with Gasteiger partial charge in [-0.05, 0) is 55.5 Å². The molecule has 1 aliphatic rings. The number of amides is 3. The van der Waals surface area contributed by atoms with Gasteiger partial charge in [-0.15, -0.1) is 0 Å². The van der Waals surface area contributed by atoms with Gasteiger partial charge in [0, 0.05) is 36.1 Å². The van der Waals surface area contributed by atoms with Crippen molar-refractivity contribution in [2.75, 3.05) is 22.6 Å². The SMILES string of the molecule is COC(=O)C1=C(C)N(c2ccc(F)cc2)C(=O)CC1C(=O)Nc1ccc(NC(C)=O)cc1. The van der Waals surface area contributed by atoms with E-state index in [4.69, 9.17) is 4.74 Å². The number of esters is 1. The standard InChI is InChI=1S/C23H22FN3O5/c1-13-21(23(31)32-3)19(12-20(29)27(13)18-10-4-15(24)5-11-18)22(30)26-17-8-6-16(7-9-17)25-14(2)28/h4-11,19H,12H2,1-3H3,(H,25,28)(H,26,30). The van der Waals surface area contributed by atoms with Crippen LogP contribution in [0.1, 0.15) is 20.3 Å². The quantitative estimate of drug-likeness (QED) is 0.696. The van der Waals surface area contributed by atoms with E-state index in [0.717, 1.165) is 0 Å². The first kappa shape index (κ1) is 22.7. The molecule has 1 atom stereocenters. The molecule has 2 N–H and O–H groups in total. The molecule has 2 aromatic rings. The van der Waals surface area contributed by atoms with E-state index >= 15 is 0 Å². The van der Waals surface area contributed by atoms with Gasteiger partial charge in [0.1, 0.15) is 5.82 Å². The minimum atomic E-state index is -1.07. The van der Waals surface area contributed by atoms with Crippen LogP contribution in [0.2, 0.25) is 0 Å². The summed E-state index contributed by atoms with van der Waals surface area (Å²) in [6.07, 6.45) is -0.269. The summed E-state index contributed by atoms with van der Waals surface area (Å²) in [6.45, 7) is 2.92. The van der Waals surface area contributed by atoms with E-state index in [-0.39, 0.29) is 23.6 Å². The van der Waals surface area contributed by atoms with Gasteiger partial charge in [0.25, 0.3) is 0 Å². The molecule has 0 fully saturated rings. The molecular weight excluding hydrogens is 417 g/mol. The molecule has 0 bridgehead atoms. The number of nitrogens with one attached hydrogen (secondary N) is 2. The van der Waals surface area contributed by atoms with Gasteiger partial charge in [0.05, 0.1) is 18.6 Å². The summed E-state index contributed by atoms with van der Waals surface area (Å²) in [6, 6.07) is 11.7. The number of hydrogen-bond donors (Lipinski definition) is 2. The Morgan fingerprint density at radius 2 is 1.56 bits per heavy atom. The average molecular weight is 439 g/mol. The molecule has 3 rings (SSSR count). The molecule has 2 aromatic carbocycles. The molecule has 9 heteroatoms. The van der Waals surface area contributed by atoms with Gasteiger partial charge in [0.15, 0.2) is 0 Å². The topological polar surface area (TPSA) is 105 Å². The van der Waals surface area contributed by atoms with Crippen molar-refractivity contribution in [2.24, 2.45) is 5.92 Å². The molecule has 0 spiro atoms. The molecular formula is C23H22FN3O5. The van der Waals surface area contributed by atoms with Crippen molar-refractivity contribution in [1.29, 1.82) is 0 Å². The van der Waals surface area contributed by atoms with Crippen LogP contribution in [-0.2, 0) is 23.9 Å². The van der Waals surface area contributed by atoms with Crippen molar-refractivity contribution in [3.63, 3.8) is 0 Å². The van der Waals surface area contributed by atoms with Gasteiger partial charge in [-0.3, -0.25) is 19.3 Å². The number of halogens is 1. The van der Waals surface area contributed by atoms with Crippen LogP contribution in [0.3, 0.4) is 0 Å². The molecule has 0 saturated carbocycles. The highest BCUT2D eigenvalue weighted by atomic mass is 19.1. The fourth-order valence-corrected chi connectivity index (χ4v) is 3.55. The Morgan fingerprint density at radius 1 is 1.00 bits per heavy atom. The molecule has 166 valence electrons. The third-order valence-electron chi connectivity index (χ3n) is 4.98. The zero-order valence-electron chi connectivity index (χ0n) is 17.8. The molecule has 1 aliphatic heterocycles. The Bertz CT molecular complexity index is 1090. The Kier molecular flexibility index (Phi) is 6.67. The zero-order valence-corrected chi connectivity index (χ0v) is 17.8. The number of allylic oxidation sites excluding steroid dienone is 1. The molecule has 1 unspecified atom stereocenters. The number of nitrogens with zero attached hydrogens (tertiary/aromatic N) is 1. The normalized spacial score (nSPS) is 15.9. The highest BCUT2D eigenvalue weighted by Crippen LogP contribution is 2.34. The zero-order chi connectivity index (χ0) is 23.4. The number of carbonyl (C=O) groups is 4. The van der Waals surface area contributed by atoms with Crippen molar-refractivity contribution in [3.05, 3.63) is 65.6 Å². The second-order valence-electron chi connectivity index (χ2n) is 7.20. The maximum atomic E-state index is 13.3. The first-order chi connectivity index (χ1) is 15.2. The lowest BCUT2D eigenvalue weighted by molar-refractivity contribution is -0.138. The average Bonchev–Trinajstić information content (AvgIpc) is 2.75. The van der Waals surface area contributed by atoms with Crippen molar-refractivity contribution in [2.45, 2.75) is 20.3 Å². The van der Waals surface area contributed by atoms with E-state index < -0.39 is 29.5 Å². The van der Waals surface area contributed by atoms with Crippen LogP contribution in [0.5, 0.6) is 0 Å². The second-order valence-corrected chi connectivity index (χ2v) is 7.20. The number of benzene rings is 2. The van der Waals surface area contributed by atoms with Crippen LogP contribution >= 0.6 is 0 Å². The van der Waals surface area contributed by atoms with Gasteiger partial charge < -0.3 is 15.4 Å². The van der Waals surface area contributed by atoms with Crippen molar-refractivity contribution < 1.29 is 28.3 Å². The third-order valence-corrected chi connectivity index (χ3v) is 4.98. The van der Waals surface area contributed by atoms with Crippen LogP contribution in [0.4, 0.5) is 21.5 Å². The lowest BCUT2D eigenvalue weighted by Crippen LogP contribution is -2.43. The first-order valence-electron chi connectivity index (χ1n) is 9.77. The fourth-order valence-electron chi connectivity index (χ4n) is 3.55. The predicted molar refractivity (Wildman–Crippen MR) is 116 cm³/mol. The molecule has 3 amide bonds. The highest BCUT2D eigenvalue weighted by molar-refractivity contribution is 6.10. The Labute approximate surface area is 184 Å². The van der Waals surface area contributed by atoms with Gasteiger partial charge >= 0.3 is 5.97 Å². The highest BCUT2D eigenvalue weighted by Gasteiger charge is 2.40. The molecule has 0 aromatic heterocycles. The summed E-state index contributed by atoms with van der Waals surface area (Å²) in [5, 5.41) is 5.31. The monoisotopic (exact) mass is 439 g/mol. The molecule has 1 heterocycles. The van der Waals surface area contributed by atoms with E-state index in [2.05, 4.69) is 10.6 Å². The minimum absolute atomic E-state index is 0.0452. The van der Waals surface area contributed by atoms with Crippen molar-refractivity contribution >= 4 is 40.8 Å². The molecule has 0 aliphatic carbocycles. The van der Waals surface area contributed by atoms with Crippen LogP contribution < -0.4 is 15.5 Å².